The van der Waals surface area contributed by atoms with Crippen LogP contribution in [0.15, 0.2) is 70.2 Å². The number of likely N-dealkylation sites (tertiary alicyclic amines) is 1. The molecule has 1 fully saturated rings. The molecule has 0 spiro atoms. The summed E-state index contributed by atoms with van der Waals surface area (Å²) in [5, 5.41) is -0.339. The summed E-state index contributed by atoms with van der Waals surface area (Å²) in [6.07, 6.45) is 3.79. The highest BCUT2D eigenvalue weighted by Crippen LogP contribution is 2.29. The molecule has 0 radical (unpaired) electrons. The molecule has 4 rings (SSSR count). The molecule has 0 atom stereocenters. The Bertz CT molecular complexity index is 1120. The Kier molecular flexibility index (Phi) is 6.86. The van der Waals surface area contributed by atoms with Crippen LogP contribution in [0.25, 0.3) is 11.3 Å². The summed E-state index contributed by atoms with van der Waals surface area (Å²) in [7, 11) is -0.0781. The number of hydrogen-bond acceptors (Lipinski definition) is 6. The van der Waals surface area contributed by atoms with Crippen molar-refractivity contribution in [1.82, 2.24) is 4.90 Å². The third kappa shape index (κ3) is 4.84. The highest BCUT2D eigenvalue weighted by Gasteiger charge is 2.31. The lowest BCUT2D eigenvalue weighted by Crippen LogP contribution is -2.40. The fourth-order valence-corrected chi connectivity index (χ4v) is 5.94. The number of ether oxygens (including phenoxy) is 2. The molecule has 0 amide bonds. The van der Waals surface area contributed by atoms with Crippen molar-refractivity contribution in [3.63, 3.8) is 0 Å². The lowest BCUT2D eigenvalue weighted by atomic mass is 10.1. The zero-order valence-electron chi connectivity index (χ0n) is 18.5. The second-order valence-electron chi connectivity index (χ2n) is 8.03. The van der Waals surface area contributed by atoms with Crippen LogP contribution in [0.5, 0.6) is 11.5 Å². The van der Waals surface area contributed by atoms with Crippen LogP contribution in [0.1, 0.15) is 18.4 Å². The first-order valence-electron chi connectivity index (χ1n) is 10.8. The third-order valence-corrected chi connectivity index (χ3v) is 8.40. The minimum Gasteiger partial charge on any atom is -0.493 e. The number of nitrogens with zero attached hydrogens (tertiary/aromatic N) is 1. The highest BCUT2D eigenvalue weighted by atomic mass is 32.2. The SMILES string of the molecule is COc1ccc(CCN2CCC(S(=O)(=O)c3ccc(-c4ccco4)cc3)CC2)cc1OC. The Hall–Kier alpha value is -2.77. The van der Waals surface area contributed by atoms with Gasteiger partial charge in [-0.05, 0) is 86.4 Å². The van der Waals surface area contributed by atoms with Crippen molar-refractivity contribution >= 4 is 9.84 Å². The molecule has 1 saturated heterocycles. The van der Waals surface area contributed by atoms with Crippen molar-refractivity contribution in [2.24, 2.45) is 0 Å². The number of sulfone groups is 1. The van der Waals surface area contributed by atoms with Crippen LogP contribution in [0.4, 0.5) is 0 Å². The van der Waals surface area contributed by atoms with Crippen LogP contribution in [-0.4, -0.2) is 52.4 Å². The quantitative estimate of drug-likeness (QED) is 0.500. The first-order chi connectivity index (χ1) is 15.5. The molecule has 0 unspecified atom stereocenters. The van der Waals surface area contributed by atoms with Crippen LogP contribution in [-0.2, 0) is 16.3 Å². The maximum atomic E-state index is 13.1. The summed E-state index contributed by atoms with van der Waals surface area (Å²) >= 11 is 0. The van der Waals surface area contributed by atoms with Gasteiger partial charge in [-0.2, -0.15) is 0 Å². The van der Waals surface area contributed by atoms with Gasteiger partial charge in [-0.25, -0.2) is 8.42 Å². The number of methoxy groups -OCH3 is 2. The largest absolute Gasteiger partial charge is 0.493 e. The summed E-state index contributed by atoms with van der Waals surface area (Å²) in [4.78, 5) is 2.72. The molecular formula is C25H29NO5S. The second-order valence-corrected chi connectivity index (χ2v) is 10.3. The number of piperidine rings is 1. The van der Waals surface area contributed by atoms with Gasteiger partial charge in [0.2, 0.25) is 0 Å². The normalized spacial score (nSPS) is 15.6. The van der Waals surface area contributed by atoms with Crippen molar-refractivity contribution in [1.29, 1.82) is 0 Å². The summed E-state index contributed by atoms with van der Waals surface area (Å²) in [5.41, 5.74) is 2.05. The predicted octanol–water partition coefficient (Wildman–Crippen LogP) is 4.44. The van der Waals surface area contributed by atoms with Crippen molar-refractivity contribution in [3.8, 4) is 22.8 Å². The molecule has 0 saturated carbocycles. The summed E-state index contributed by atoms with van der Waals surface area (Å²) < 4.78 is 42.3. The zero-order valence-corrected chi connectivity index (χ0v) is 19.3. The van der Waals surface area contributed by atoms with E-state index < -0.39 is 9.84 Å². The fraction of sp³-hybridized carbons (Fsp3) is 0.360. The van der Waals surface area contributed by atoms with Gasteiger partial charge in [0.05, 0.1) is 30.6 Å². The summed E-state index contributed by atoms with van der Waals surface area (Å²) in [6, 6.07) is 16.7. The summed E-state index contributed by atoms with van der Waals surface area (Å²) in [6.45, 7) is 2.45. The van der Waals surface area contributed by atoms with Crippen molar-refractivity contribution in [3.05, 3.63) is 66.4 Å². The van der Waals surface area contributed by atoms with E-state index in [0.717, 1.165) is 48.9 Å². The molecule has 2 aromatic carbocycles. The van der Waals surface area contributed by atoms with E-state index in [1.54, 1.807) is 32.6 Å². The van der Waals surface area contributed by atoms with E-state index in [0.29, 0.717) is 17.7 Å². The van der Waals surface area contributed by atoms with Gasteiger partial charge in [-0.15, -0.1) is 0 Å². The minimum atomic E-state index is -3.34. The monoisotopic (exact) mass is 455 g/mol. The van der Waals surface area contributed by atoms with Crippen LogP contribution in [0.2, 0.25) is 0 Å². The van der Waals surface area contributed by atoms with E-state index in [1.165, 1.54) is 5.56 Å². The van der Waals surface area contributed by atoms with Crippen molar-refractivity contribution in [2.75, 3.05) is 33.9 Å². The van der Waals surface area contributed by atoms with Gasteiger partial charge in [0.25, 0.3) is 0 Å². The highest BCUT2D eigenvalue weighted by molar-refractivity contribution is 7.92. The molecular weight excluding hydrogens is 426 g/mol. The smallest absolute Gasteiger partial charge is 0.181 e. The van der Waals surface area contributed by atoms with Crippen molar-refractivity contribution in [2.45, 2.75) is 29.4 Å². The molecule has 32 heavy (non-hydrogen) atoms. The van der Waals surface area contributed by atoms with Gasteiger partial charge < -0.3 is 18.8 Å². The lowest BCUT2D eigenvalue weighted by Gasteiger charge is -2.31. The van der Waals surface area contributed by atoms with Gasteiger partial charge in [0, 0.05) is 12.1 Å². The van der Waals surface area contributed by atoms with Crippen molar-refractivity contribution < 1.29 is 22.3 Å². The Morgan fingerprint density at radius 2 is 1.69 bits per heavy atom. The Balaban J connectivity index is 1.33. The van der Waals surface area contributed by atoms with Gasteiger partial charge in [-0.3, -0.25) is 0 Å². The zero-order chi connectivity index (χ0) is 22.6. The van der Waals surface area contributed by atoms with Crippen LogP contribution in [0, 0.1) is 0 Å². The number of furan rings is 1. The molecule has 0 bridgehead atoms. The molecule has 2 heterocycles. The third-order valence-electron chi connectivity index (χ3n) is 6.13. The number of benzene rings is 2. The molecule has 170 valence electrons. The molecule has 1 aromatic heterocycles. The van der Waals surface area contributed by atoms with E-state index in [4.69, 9.17) is 13.9 Å². The van der Waals surface area contributed by atoms with Crippen LogP contribution < -0.4 is 9.47 Å². The predicted molar refractivity (Wildman–Crippen MR) is 124 cm³/mol. The van der Waals surface area contributed by atoms with E-state index in [2.05, 4.69) is 4.90 Å². The van der Waals surface area contributed by atoms with E-state index >= 15 is 0 Å². The molecule has 0 N–H and O–H groups in total. The van der Waals surface area contributed by atoms with E-state index in [-0.39, 0.29) is 5.25 Å². The standard InChI is InChI=1S/C25H29NO5S/c1-29-24-10-5-19(18-25(24)30-2)11-14-26-15-12-22(13-16-26)32(27,28)21-8-6-20(7-9-21)23-4-3-17-31-23/h3-10,17-18,22H,11-16H2,1-2H3. The van der Waals surface area contributed by atoms with Gasteiger partial charge in [0.1, 0.15) is 5.76 Å². The maximum absolute atomic E-state index is 13.1. The average molecular weight is 456 g/mol. The topological polar surface area (TPSA) is 69.0 Å². The maximum Gasteiger partial charge on any atom is 0.181 e. The Morgan fingerprint density at radius 1 is 0.969 bits per heavy atom. The molecule has 3 aromatic rings. The number of rotatable bonds is 8. The second kappa shape index (κ2) is 9.79. The molecule has 1 aliphatic rings. The van der Waals surface area contributed by atoms with Crippen LogP contribution in [0.3, 0.4) is 0 Å². The molecule has 7 heteroatoms. The Labute approximate surface area is 189 Å². The lowest BCUT2D eigenvalue weighted by molar-refractivity contribution is 0.232. The number of hydrogen-bond donors (Lipinski definition) is 0. The molecule has 6 nitrogen and oxygen atoms in total. The minimum absolute atomic E-state index is 0.339. The summed E-state index contributed by atoms with van der Waals surface area (Å²) in [5.74, 6) is 2.18. The molecule has 0 aliphatic carbocycles. The van der Waals surface area contributed by atoms with Gasteiger partial charge >= 0.3 is 0 Å². The van der Waals surface area contributed by atoms with Gasteiger partial charge in [0.15, 0.2) is 21.3 Å². The Morgan fingerprint density at radius 3 is 2.31 bits per heavy atom. The first-order valence-corrected chi connectivity index (χ1v) is 12.4. The fourth-order valence-electron chi connectivity index (χ4n) is 4.21. The molecule has 1 aliphatic heterocycles. The first kappa shape index (κ1) is 22.4. The van der Waals surface area contributed by atoms with E-state index in [9.17, 15) is 8.42 Å². The average Bonchev–Trinajstić information content (AvgIpc) is 3.38. The van der Waals surface area contributed by atoms with Crippen LogP contribution >= 0.6 is 0 Å². The van der Waals surface area contributed by atoms with E-state index in [1.807, 2.05) is 42.5 Å². The van der Waals surface area contributed by atoms with Gasteiger partial charge in [-0.1, -0.05) is 6.07 Å².